The molecule has 2 unspecified atom stereocenters. The van der Waals surface area contributed by atoms with Crippen LogP contribution in [0.3, 0.4) is 0 Å². The average molecular weight is 335 g/mol. The number of carbonyl (C=O) groups excluding carboxylic acids is 1. The van der Waals surface area contributed by atoms with E-state index in [1.54, 1.807) is 6.66 Å². The van der Waals surface area contributed by atoms with Crippen LogP contribution >= 0.6 is 24.0 Å². The number of nitrogens with zero attached hydrogens (tertiary/aromatic N) is 1. The van der Waals surface area contributed by atoms with Gasteiger partial charge in [0.15, 0.2) is 0 Å². The lowest BCUT2D eigenvalue weighted by atomic mass is 10.3. The van der Waals surface area contributed by atoms with Gasteiger partial charge in [-0.2, -0.15) is 0 Å². The topological polar surface area (TPSA) is 124 Å². The van der Waals surface area contributed by atoms with Crippen molar-refractivity contribution < 1.29 is 32.9 Å². The Morgan fingerprint density at radius 2 is 1.84 bits per heavy atom. The molecule has 0 aliphatic carbocycles. The third-order valence-electron chi connectivity index (χ3n) is 2.17. The second-order valence-corrected chi connectivity index (χ2v) is 8.11. The fourth-order valence-electron chi connectivity index (χ4n) is 1.28. The average Bonchev–Trinajstić information content (AvgIpc) is 2.25. The van der Waals surface area contributed by atoms with Gasteiger partial charge in [0.1, 0.15) is 0 Å². The largest absolute Gasteiger partial charge is 0.476 e. The summed E-state index contributed by atoms with van der Waals surface area (Å²) < 4.78 is 25.8. The first-order valence-corrected chi connectivity index (χ1v) is 10.5. The minimum absolute atomic E-state index is 0.0275. The maximum atomic E-state index is 11.6. The number of carbonyl (C=O) groups is 1. The van der Waals surface area contributed by atoms with E-state index >= 15 is 0 Å². The Morgan fingerprint density at radius 1 is 1.26 bits per heavy atom. The van der Waals surface area contributed by atoms with Gasteiger partial charge in [0.25, 0.3) is 0 Å². The van der Waals surface area contributed by atoms with Gasteiger partial charge >= 0.3 is 15.4 Å². The Hall–Kier alpha value is 0.200. The van der Waals surface area contributed by atoms with Crippen molar-refractivity contribution >= 4 is 29.6 Å². The minimum Gasteiger partial charge on any atom is -0.339 e. The van der Waals surface area contributed by atoms with Crippen molar-refractivity contribution in [2.24, 2.45) is 0 Å². The van der Waals surface area contributed by atoms with Crippen LogP contribution in [0.1, 0.15) is 19.8 Å². The Balaban J connectivity index is 4.49. The van der Waals surface area contributed by atoms with E-state index < -0.39 is 21.6 Å². The molecule has 1 amide bonds. The summed E-state index contributed by atoms with van der Waals surface area (Å²) in [5, 5.41) is 0. The van der Waals surface area contributed by atoms with Crippen molar-refractivity contribution in [2.45, 2.75) is 19.8 Å². The maximum absolute atomic E-state index is 11.6. The quantitative estimate of drug-likeness (QED) is 0.549. The number of hydrogen-bond donors (Lipinski definition) is 3. The van der Waals surface area contributed by atoms with Gasteiger partial charge in [-0.3, -0.25) is 9.36 Å². The zero-order chi connectivity index (χ0) is 15.1. The first kappa shape index (κ1) is 19.2. The van der Waals surface area contributed by atoms with Gasteiger partial charge in [-0.25, -0.2) is 8.88 Å². The van der Waals surface area contributed by atoms with E-state index in [1.165, 1.54) is 4.90 Å². The van der Waals surface area contributed by atoms with Crippen LogP contribution in [0.15, 0.2) is 0 Å². The molecule has 0 aliphatic rings. The van der Waals surface area contributed by atoms with E-state index in [2.05, 4.69) is 4.31 Å². The fraction of sp³-hybridized carbons (Fsp3) is 0.875. The summed E-state index contributed by atoms with van der Waals surface area (Å²) in [4.78, 5) is 39.3. The number of phosphoric acid groups is 1. The molecule has 0 radical (unpaired) electrons. The van der Waals surface area contributed by atoms with Gasteiger partial charge in [-0.1, -0.05) is 13.3 Å². The van der Waals surface area contributed by atoms with Crippen LogP contribution in [0.5, 0.6) is 0 Å². The molecule has 0 aromatic rings. The Kier molecular flexibility index (Phi) is 8.57. The van der Waals surface area contributed by atoms with Crippen molar-refractivity contribution in [1.82, 2.24) is 4.90 Å². The molecule has 0 fully saturated rings. The number of hydrogen-bond acceptors (Lipinski definition) is 4. The van der Waals surface area contributed by atoms with Crippen molar-refractivity contribution in [3.05, 3.63) is 0 Å². The van der Waals surface area contributed by atoms with Gasteiger partial charge in [0.05, 0.1) is 6.16 Å². The summed E-state index contributed by atoms with van der Waals surface area (Å²) in [6.07, 6.45) is 1.12. The van der Waals surface area contributed by atoms with Crippen molar-refractivity contribution in [3.8, 4) is 0 Å². The van der Waals surface area contributed by atoms with E-state index in [4.69, 9.17) is 9.79 Å². The zero-order valence-electron chi connectivity index (χ0n) is 10.9. The maximum Gasteiger partial charge on any atom is 0.476 e. The molecule has 11 heteroatoms. The minimum atomic E-state index is -5.01. The molecule has 0 saturated heterocycles. The highest BCUT2D eigenvalue weighted by molar-refractivity contribution is 7.63. The lowest BCUT2D eigenvalue weighted by Gasteiger charge is -2.23. The van der Waals surface area contributed by atoms with Crippen LogP contribution in [0, 0.1) is 0 Å². The highest BCUT2D eigenvalue weighted by Crippen LogP contribution is 2.56. The fourth-order valence-corrected chi connectivity index (χ4v) is 3.97. The van der Waals surface area contributed by atoms with Crippen molar-refractivity contribution in [2.75, 3.05) is 25.9 Å². The molecule has 0 aliphatic heterocycles. The monoisotopic (exact) mass is 335 g/mol. The molecule has 0 aromatic heterocycles. The van der Waals surface area contributed by atoms with E-state index in [9.17, 15) is 18.8 Å². The second-order valence-electron chi connectivity index (χ2n) is 3.83. The standard InChI is InChI=1S/C8H20NO7P3/c1-3-4-5-9(8(10)17-2)6-7-18(11,12)16-19(13,14)15/h17H,3-7H2,1-2H3,(H,11,12)(H2,13,14,15). The molecule has 3 N–H and O–H groups in total. The normalized spacial score (nSPS) is 15.6. The predicted molar refractivity (Wildman–Crippen MR) is 73.9 cm³/mol. The van der Waals surface area contributed by atoms with E-state index in [0.29, 0.717) is 6.54 Å². The predicted octanol–water partition coefficient (Wildman–Crippen LogP) is 1.81. The molecule has 114 valence electrons. The third-order valence-corrected chi connectivity index (χ3v) is 5.55. The number of rotatable bonds is 9. The molecule has 8 nitrogen and oxygen atoms in total. The summed E-state index contributed by atoms with van der Waals surface area (Å²) >= 11 is 0. The molecule has 0 aromatic carbocycles. The van der Waals surface area contributed by atoms with Crippen LogP contribution in [0.2, 0.25) is 0 Å². The molecule has 19 heavy (non-hydrogen) atoms. The van der Waals surface area contributed by atoms with Crippen molar-refractivity contribution in [1.29, 1.82) is 0 Å². The summed E-state index contributed by atoms with van der Waals surface area (Å²) in [5.74, 6) is 0. The molecule has 0 spiro atoms. The summed E-state index contributed by atoms with van der Waals surface area (Å²) in [6, 6.07) is 0. The van der Waals surface area contributed by atoms with E-state index in [-0.39, 0.29) is 20.8 Å². The molecule has 0 bridgehead atoms. The molecular formula is C8H20NO7P3. The first-order chi connectivity index (χ1) is 8.61. The number of amides is 1. The van der Waals surface area contributed by atoms with Crippen LogP contribution < -0.4 is 0 Å². The number of unbranched alkanes of at least 4 members (excludes halogenated alkanes) is 1. The second kappa shape index (κ2) is 8.48. The lowest BCUT2D eigenvalue weighted by molar-refractivity contribution is 0.223. The highest BCUT2D eigenvalue weighted by Gasteiger charge is 2.31. The van der Waals surface area contributed by atoms with Crippen LogP contribution in [0.4, 0.5) is 4.79 Å². The van der Waals surface area contributed by atoms with Gasteiger partial charge in [0.2, 0.25) is 5.65 Å². The summed E-state index contributed by atoms with van der Waals surface area (Å²) in [7, 11) is -9.39. The van der Waals surface area contributed by atoms with Gasteiger partial charge in [-0.05, 0) is 21.7 Å². The van der Waals surface area contributed by atoms with Crippen LogP contribution in [-0.2, 0) is 13.4 Å². The summed E-state index contributed by atoms with van der Waals surface area (Å²) in [5.41, 5.74) is -0.148. The Labute approximate surface area is 114 Å². The SMILES string of the molecule is CCCCN(CCP(=O)(O)OP(=O)(O)O)C(=O)PC. The smallest absolute Gasteiger partial charge is 0.339 e. The third kappa shape index (κ3) is 9.69. The van der Waals surface area contributed by atoms with Gasteiger partial charge in [-0.15, -0.1) is 0 Å². The zero-order valence-corrected chi connectivity index (χ0v) is 13.6. The van der Waals surface area contributed by atoms with E-state index in [1.807, 2.05) is 6.92 Å². The Morgan fingerprint density at radius 3 is 2.26 bits per heavy atom. The Bertz CT molecular complexity index is 383. The van der Waals surface area contributed by atoms with Gasteiger partial charge < -0.3 is 19.6 Å². The van der Waals surface area contributed by atoms with Gasteiger partial charge in [0, 0.05) is 13.1 Å². The molecule has 0 rings (SSSR count). The molecule has 0 saturated carbocycles. The highest BCUT2D eigenvalue weighted by atomic mass is 31.3. The molecule has 2 atom stereocenters. The van der Waals surface area contributed by atoms with E-state index in [0.717, 1.165) is 12.8 Å². The first-order valence-electron chi connectivity index (χ1n) is 5.66. The van der Waals surface area contributed by atoms with Crippen LogP contribution in [0.25, 0.3) is 0 Å². The molecule has 0 heterocycles. The lowest BCUT2D eigenvalue weighted by Crippen LogP contribution is -2.31. The van der Waals surface area contributed by atoms with Crippen LogP contribution in [-0.4, -0.2) is 51.1 Å². The van der Waals surface area contributed by atoms with Crippen molar-refractivity contribution in [3.63, 3.8) is 0 Å². The summed E-state index contributed by atoms with van der Waals surface area (Å²) in [6.45, 7) is 4.04. The molecular weight excluding hydrogens is 315 g/mol.